The Balaban J connectivity index is 1.72. The number of benzene rings is 2. The highest BCUT2D eigenvalue weighted by molar-refractivity contribution is 6.06. The number of carbonyl (C=O) groups is 1. The first kappa shape index (κ1) is 18.5. The van der Waals surface area contributed by atoms with Crippen molar-refractivity contribution in [2.75, 3.05) is 41.8 Å². The second-order valence-corrected chi connectivity index (χ2v) is 6.25. The molecule has 2 aromatic carbocycles. The number of hydrogen-bond donors (Lipinski definition) is 2. The minimum atomic E-state index is -0.447. The highest BCUT2D eigenvalue weighted by atomic mass is 16.5. The highest BCUT2D eigenvalue weighted by Crippen LogP contribution is 2.26. The maximum absolute atomic E-state index is 12.4. The molecule has 1 aliphatic heterocycles. The minimum Gasteiger partial charge on any atom is -0.378 e. The lowest BCUT2D eigenvalue weighted by atomic mass is 10.2. The van der Waals surface area contributed by atoms with Gasteiger partial charge in [-0.05, 0) is 31.2 Å². The van der Waals surface area contributed by atoms with E-state index in [0.717, 1.165) is 30.0 Å². The Morgan fingerprint density at radius 3 is 2.56 bits per heavy atom. The van der Waals surface area contributed by atoms with E-state index < -0.39 is 5.91 Å². The Bertz CT molecular complexity index is 862. The first-order chi connectivity index (χ1) is 13.2. The minimum absolute atomic E-state index is 0.00681. The summed E-state index contributed by atoms with van der Waals surface area (Å²) < 4.78 is 5.40. The van der Waals surface area contributed by atoms with E-state index in [-0.39, 0.29) is 5.57 Å². The average Bonchev–Trinajstić information content (AvgIpc) is 2.71. The third kappa shape index (κ3) is 4.87. The third-order valence-electron chi connectivity index (χ3n) is 4.30. The molecule has 1 fully saturated rings. The Morgan fingerprint density at radius 1 is 1.15 bits per heavy atom. The van der Waals surface area contributed by atoms with Crippen molar-refractivity contribution in [1.82, 2.24) is 0 Å². The molecule has 2 N–H and O–H groups in total. The molecule has 0 saturated carbocycles. The number of hydrogen-bond acceptors (Lipinski definition) is 5. The molecule has 6 heteroatoms. The second-order valence-electron chi connectivity index (χ2n) is 6.25. The predicted octanol–water partition coefficient (Wildman–Crippen LogP) is 3.29. The van der Waals surface area contributed by atoms with Crippen LogP contribution in [0.15, 0.2) is 60.3 Å². The number of morpholine rings is 1. The molecule has 0 unspecified atom stereocenters. The van der Waals surface area contributed by atoms with E-state index in [2.05, 4.69) is 15.5 Å². The lowest BCUT2D eigenvalue weighted by molar-refractivity contribution is -0.112. The zero-order valence-corrected chi connectivity index (χ0v) is 15.2. The van der Waals surface area contributed by atoms with Gasteiger partial charge in [0, 0.05) is 25.0 Å². The summed E-state index contributed by atoms with van der Waals surface area (Å²) >= 11 is 0. The number of nitriles is 1. The lowest BCUT2D eigenvalue weighted by Crippen LogP contribution is -2.36. The standard InChI is InChI=1S/C21H22N4O2/c1-16-6-8-18(9-7-16)24-21(26)17(14-22)15-23-19-4-2-3-5-20(19)25-10-12-27-13-11-25/h2-9,15,23H,10-13H2,1H3,(H,24,26)/b17-15-. The summed E-state index contributed by atoms with van der Waals surface area (Å²) in [6.45, 7) is 4.96. The van der Waals surface area contributed by atoms with E-state index in [4.69, 9.17) is 4.74 Å². The Morgan fingerprint density at radius 2 is 1.85 bits per heavy atom. The summed E-state index contributed by atoms with van der Waals surface area (Å²) in [6, 6.07) is 17.2. The number of amides is 1. The van der Waals surface area contributed by atoms with Gasteiger partial charge in [-0.3, -0.25) is 4.79 Å². The molecular formula is C21H22N4O2. The van der Waals surface area contributed by atoms with Gasteiger partial charge >= 0.3 is 0 Å². The zero-order chi connectivity index (χ0) is 19.1. The number of ether oxygens (including phenoxy) is 1. The number of anilines is 3. The maximum Gasteiger partial charge on any atom is 0.267 e. The van der Waals surface area contributed by atoms with E-state index in [1.165, 1.54) is 6.20 Å². The number of carbonyl (C=O) groups excluding carboxylic acids is 1. The molecule has 138 valence electrons. The van der Waals surface area contributed by atoms with Gasteiger partial charge in [0.25, 0.3) is 5.91 Å². The first-order valence-corrected chi connectivity index (χ1v) is 8.84. The molecule has 0 aliphatic carbocycles. The number of nitrogens with one attached hydrogen (secondary N) is 2. The highest BCUT2D eigenvalue weighted by Gasteiger charge is 2.15. The molecule has 1 amide bonds. The third-order valence-corrected chi connectivity index (χ3v) is 4.30. The van der Waals surface area contributed by atoms with E-state index >= 15 is 0 Å². The number of para-hydroxylation sites is 2. The molecule has 0 atom stereocenters. The van der Waals surface area contributed by atoms with Crippen molar-refractivity contribution in [1.29, 1.82) is 5.26 Å². The Kier molecular flexibility index (Phi) is 6.08. The molecule has 0 radical (unpaired) electrons. The fraction of sp³-hybridized carbons (Fsp3) is 0.238. The van der Waals surface area contributed by atoms with Crippen LogP contribution in [0.2, 0.25) is 0 Å². The van der Waals surface area contributed by atoms with E-state index in [0.29, 0.717) is 18.9 Å². The maximum atomic E-state index is 12.4. The zero-order valence-electron chi connectivity index (χ0n) is 15.2. The Hall–Kier alpha value is -3.30. The van der Waals surface area contributed by atoms with Crippen LogP contribution < -0.4 is 15.5 Å². The van der Waals surface area contributed by atoms with E-state index in [9.17, 15) is 10.1 Å². The van der Waals surface area contributed by atoms with E-state index in [1.54, 1.807) is 0 Å². The van der Waals surface area contributed by atoms with Crippen LogP contribution in [0.1, 0.15) is 5.56 Å². The predicted molar refractivity (Wildman–Crippen MR) is 107 cm³/mol. The lowest BCUT2D eigenvalue weighted by Gasteiger charge is -2.30. The van der Waals surface area contributed by atoms with Gasteiger partial charge in [0.1, 0.15) is 11.6 Å². The fourth-order valence-electron chi connectivity index (χ4n) is 2.81. The normalized spacial score (nSPS) is 14.4. The van der Waals surface area contributed by atoms with Crippen LogP contribution in [-0.4, -0.2) is 32.2 Å². The molecule has 6 nitrogen and oxygen atoms in total. The first-order valence-electron chi connectivity index (χ1n) is 8.84. The largest absolute Gasteiger partial charge is 0.378 e. The summed E-state index contributed by atoms with van der Waals surface area (Å²) in [5.74, 6) is -0.447. The van der Waals surface area contributed by atoms with Crippen molar-refractivity contribution in [3.63, 3.8) is 0 Å². The molecule has 0 aromatic heterocycles. The van der Waals surface area contributed by atoms with Crippen molar-refractivity contribution in [3.8, 4) is 6.07 Å². The molecule has 0 bridgehead atoms. The average molecular weight is 362 g/mol. The molecule has 2 aromatic rings. The molecule has 1 aliphatic rings. The van der Waals surface area contributed by atoms with Gasteiger partial charge in [-0.25, -0.2) is 0 Å². The van der Waals surface area contributed by atoms with Crippen LogP contribution in [0, 0.1) is 18.3 Å². The van der Waals surface area contributed by atoms with Gasteiger partial charge in [-0.2, -0.15) is 5.26 Å². The van der Waals surface area contributed by atoms with Crippen molar-refractivity contribution in [3.05, 3.63) is 65.9 Å². The van der Waals surface area contributed by atoms with Gasteiger partial charge in [0.05, 0.1) is 24.6 Å². The molecule has 1 saturated heterocycles. The van der Waals surface area contributed by atoms with Gasteiger partial charge in [0.15, 0.2) is 0 Å². The van der Waals surface area contributed by atoms with Gasteiger partial charge in [0.2, 0.25) is 0 Å². The van der Waals surface area contributed by atoms with Crippen LogP contribution >= 0.6 is 0 Å². The van der Waals surface area contributed by atoms with Crippen molar-refractivity contribution in [2.45, 2.75) is 6.92 Å². The second kappa shape index (κ2) is 8.88. The Labute approximate surface area is 159 Å². The van der Waals surface area contributed by atoms with Gasteiger partial charge in [-0.15, -0.1) is 0 Å². The van der Waals surface area contributed by atoms with Gasteiger partial charge in [-0.1, -0.05) is 29.8 Å². The van der Waals surface area contributed by atoms with Crippen LogP contribution in [0.5, 0.6) is 0 Å². The topological polar surface area (TPSA) is 77.4 Å². The monoisotopic (exact) mass is 362 g/mol. The molecule has 27 heavy (non-hydrogen) atoms. The van der Waals surface area contributed by atoms with Crippen molar-refractivity contribution >= 4 is 23.0 Å². The summed E-state index contributed by atoms with van der Waals surface area (Å²) in [5.41, 5.74) is 3.63. The summed E-state index contributed by atoms with van der Waals surface area (Å²) in [7, 11) is 0. The number of aryl methyl sites for hydroxylation is 1. The van der Waals surface area contributed by atoms with Crippen molar-refractivity contribution in [2.24, 2.45) is 0 Å². The van der Waals surface area contributed by atoms with Crippen LogP contribution in [0.4, 0.5) is 17.1 Å². The molecule has 3 rings (SSSR count). The van der Waals surface area contributed by atoms with Crippen LogP contribution in [0.25, 0.3) is 0 Å². The molecule has 0 spiro atoms. The van der Waals surface area contributed by atoms with Crippen LogP contribution in [0.3, 0.4) is 0 Å². The SMILES string of the molecule is Cc1ccc(NC(=O)/C(C#N)=C\Nc2ccccc2N2CCOCC2)cc1. The van der Waals surface area contributed by atoms with Crippen LogP contribution in [-0.2, 0) is 9.53 Å². The summed E-state index contributed by atoms with van der Waals surface area (Å²) in [6.07, 6.45) is 1.45. The summed E-state index contributed by atoms with van der Waals surface area (Å²) in [5, 5.41) is 15.2. The number of rotatable bonds is 5. The number of nitrogens with zero attached hydrogens (tertiary/aromatic N) is 2. The quantitative estimate of drug-likeness (QED) is 0.630. The van der Waals surface area contributed by atoms with Crippen molar-refractivity contribution < 1.29 is 9.53 Å². The summed E-state index contributed by atoms with van der Waals surface area (Å²) in [4.78, 5) is 14.6. The molecule has 1 heterocycles. The van der Waals surface area contributed by atoms with E-state index in [1.807, 2.05) is 61.5 Å². The van der Waals surface area contributed by atoms with Gasteiger partial charge < -0.3 is 20.3 Å². The fourth-order valence-corrected chi connectivity index (χ4v) is 2.81. The smallest absolute Gasteiger partial charge is 0.267 e. The molecular weight excluding hydrogens is 340 g/mol.